The molecule has 0 aromatic rings. The summed E-state index contributed by atoms with van der Waals surface area (Å²) in [6, 6.07) is 0. The first kappa shape index (κ1) is 14.9. The number of hydrogen-bond acceptors (Lipinski definition) is 2. The van der Waals surface area contributed by atoms with E-state index in [9.17, 15) is 0 Å². The lowest BCUT2D eigenvalue weighted by atomic mass is 9.94. The van der Waals surface area contributed by atoms with E-state index in [1.807, 2.05) is 0 Å². The van der Waals surface area contributed by atoms with Crippen molar-refractivity contribution in [3.8, 4) is 0 Å². The summed E-state index contributed by atoms with van der Waals surface area (Å²) in [4.78, 5) is 2.51. The molecule has 0 heterocycles. The maximum atomic E-state index is 5.63. The van der Waals surface area contributed by atoms with Gasteiger partial charge in [-0.2, -0.15) is 0 Å². The van der Waals surface area contributed by atoms with Gasteiger partial charge >= 0.3 is 0 Å². The van der Waals surface area contributed by atoms with Crippen molar-refractivity contribution in [1.29, 1.82) is 0 Å². The second kappa shape index (κ2) is 10.4. The lowest BCUT2D eigenvalue weighted by Gasteiger charge is -2.20. The number of nitrogens with two attached hydrogens (primary N) is 1. The van der Waals surface area contributed by atoms with Crippen LogP contribution in [0.4, 0.5) is 0 Å². The van der Waals surface area contributed by atoms with Crippen molar-refractivity contribution in [3.63, 3.8) is 0 Å². The third-order valence-corrected chi connectivity index (χ3v) is 3.25. The molecule has 0 saturated heterocycles. The van der Waals surface area contributed by atoms with E-state index < -0.39 is 0 Å². The summed E-state index contributed by atoms with van der Waals surface area (Å²) >= 11 is 0. The van der Waals surface area contributed by atoms with Crippen molar-refractivity contribution in [1.82, 2.24) is 4.90 Å². The van der Waals surface area contributed by atoms with E-state index in [1.165, 1.54) is 51.7 Å². The molecule has 92 valence electrons. The molecular weight excluding hydrogens is 184 g/mol. The van der Waals surface area contributed by atoms with Crippen molar-refractivity contribution in [2.75, 3.05) is 26.2 Å². The average Bonchev–Trinajstić information content (AvgIpc) is 2.25. The first-order valence-corrected chi connectivity index (χ1v) is 6.70. The molecule has 1 atom stereocenters. The van der Waals surface area contributed by atoms with Gasteiger partial charge < -0.3 is 10.6 Å². The third-order valence-electron chi connectivity index (χ3n) is 3.25. The van der Waals surface area contributed by atoms with E-state index in [4.69, 9.17) is 5.73 Å². The van der Waals surface area contributed by atoms with Crippen molar-refractivity contribution >= 4 is 0 Å². The van der Waals surface area contributed by atoms with Crippen molar-refractivity contribution in [2.45, 2.75) is 52.9 Å². The molecular formula is C13H30N2. The molecule has 0 saturated carbocycles. The van der Waals surface area contributed by atoms with Gasteiger partial charge in [0.2, 0.25) is 0 Å². The smallest absolute Gasteiger partial charge is 0.00189 e. The molecule has 0 bridgehead atoms. The van der Waals surface area contributed by atoms with Crippen LogP contribution in [0.5, 0.6) is 0 Å². The van der Waals surface area contributed by atoms with E-state index in [0.29, 0.717) is 0 Å². The molecule has 2 heteroatoms. The maximum absolute atomic E-state index is 5.63. The van der Waals surface area contributed by atoms with Crippen LogP contribution in [0.15, 0.2) is 0 Å². The SMILES string of the molecule is CCCC(CCN)CCCN(CC)CC. The minimum atomic E-state index is 0.857. The van der Waals surface area contributed by atoms with Crippen LogP contribution in [-0.4, -0.2) is 31.1 Å². The molecule has 15 heavy (non-hydrogen) atoms. The lowest BCUT2D eigenvalue weighted by Crippen LogP contribution is -2.24. The highest BCUT2D eigenvalue weighted by Crippen LogP contribution is 2.17. The van der Waals surface area contributed by atoms with Crippen LogP contribution in [0.2, 0.25) is 0 Å². The van der Waals surface area contributed by atoms with Crippen molar-refractivity contribution in [2.24, 2.45) is 11.7 Å². The third kappa shape index (κ3) is 7.80. The molecule has 0 spiro atoms. The molecule has 0 aliphatic heterocycles. The largest absolute Gasteiger partial charge is 0.330 e. The van der Waals surface area contributed by atoms with Gasteiger partial charge in [0.05, 0.1) is 0 Å². The fraction of sp³-hybridized carbons (Fsp3) is 1.00. The van der Waals surface area contributed by atoms with Gasteiger partial charge in [0.25, 0.3) is 0 Å². The molecule has 0 amide bonds. The van der Waals surface area contributed by atoms with Gasteiger partial charge in [0.1, 0.15) is 0 Å². The predicted molar refractivity (Wildman–Crippen MR) is 69.1 cm³/mol. The van der Waals surface area contributed by atoms with Gasteiger partial charge in [-0.3, -0.25) is 0 Å². The molecule has 1 unspecified atom stereocenters. The molecule has 0 aromatic carbocycles. The van der Waals surface area contributed by atoms with Gasteiger partial charge in [-0.15, -0.1) is 0 Å². The monoisotopic (exact) mass is 214 g/mol. The summed E-state index contributed by atoms with van der Waals surface area (Å²) < 4.78 is 0. The second-order valence-electron chi connectivity index (χ2n) is 4.40. The van der Waals surface area contributed by atoms with Crippen LogP contribution in [0.1, 0.15) is 52.9 Å². The van der Waals surface area contributed by atoms with Gasteiger partial charge in [-0.1, -0.05) is 33.6 Å². The number of rotatable bonds is 10. The lowest BCUT2D eigenvalue weighted by molar-refractivity contribution is 0.281. The topological polar surface area (TPSA) is 29.3 Å². The summed E-state index contributed by atoms with van der Waals surface area (Å²) in [6.45, 7) is 11.2. The minimum Gasteiger partial charge on any atom is -0.330 e. The van der Waals surface area contributed by atoms with E-state index in [-0.39, 0.29) is 0 Å². The fourth-order valence-electron chi connectivity index (χ4n) is 2.22. The molecule has 0 aliphatic carbocycles. The van der Waals surface area contributed by atoms with E-state index >= 15 is 0 Å². The zero-order valence-electron chi connectivity index (χ0n) is 11.0. The highest BCUT2D eigenvalue weighted by Gasteiger charge is 2.07. The Morgan fingerprint density at radius 1 is 1.00 bits per heavy atom. The Labute approximate surface area is 96.2 Å². The van der Waals surface area contributed by atoms with Gasteiger partial charge in [0, 0.05) is 0 Å². The van der Waals surface area contributed by atoms with Gasteiger partial charge in [-0.05, 0) is 51.4 Å². The van der Waals surface area contributed by atoms with E-state index in [1.54, 1.807) is 0 Å². The normalized spacial score (nSPS) is 13.4. The zero-order valence-corrected chi connectivity index (χ0v) is 11.0. The van der Waals surface area contributed by atoms with Crippen LogP contribution >= 0.6 is 0 Å². The Morgan fingerprint density at radius 2 is 1.67 bits per heavy atom. The minimum absolute atomic E-state index is 0.857. The van der Waals surface area contributed by atoms with Gasteiger partial charge in [0.15, 0.2) is 0 Å². The van der Waals surface area contributed by atoms with Gasteiger partial charge in [-0.25, -0.2) is 0 Å². The Morgan fingerprint density at radius 3 is 2.13 bits per heavy atom. The highest BCUT2D eigenvalue weighted by molar-refractivity contribution is 4.62. The molecule has 2 nitrogen and oxygen atoms in total. The molecule has 0 aromatic heterocycles. The quantitative estimate of drug-likeness (QED) is 0.606. The Bertz CT molecular complexity index is 116. The Balaban J connectivity index is 3.59. The molecule has 0 fully saturated rings. The Hall–Kier alpha value is -0.0800. The summed E-state index contributed by atoms with van der Waals surface area (Å²) in [5.41, 5.74) is 5.63. The first-order chi connectivity index (χ1) is 7.28. The summed E-state index contributed by atoms with van der Waals surface area (Å²) in [5.74, 6) is 0.871. The fourth-order valence-corrected chi connectivity index (χ4v) is 2.22. The van der Waals surface area contributed by atoms with Crippen LogP contribution in [0.25, 0.3) is 0 Å². The van der Waals surface area contributed by atoms with Crippen LogP contribution in [0.3, 0.4) is 0 Å². The first-order valence-electron chi connectivity index (χ1n) is 6.70. The Kier molecular flexibility index (Phi) is 10.4. The zero-order chi connectivity index (χ0) is 11.5. The molecule has 0 rings (SSSR count). The van der Waals surface area contributed by atoms with Crippen LogP contribution < -0.4 is 5.73 Å². The number of nitrogens with zero attached hydrogens (tertiary/aromatic N) is 1. The predicted octanol–water partition coefficient (Wildman–Crippen LogP) is 2.87. The highest BCUT2D eigenvalue weighted by atomic mass is 15.1. The van der Waals surface area contributed by atoms with Crippen LogP contribution in [0, 0.1) is 5.92 Å². The van der Waals surface area contributed by atoms with Crippen LogP contribution in [-0.2, 0) is 0 Å². The summed E-state index contributed by atoms with van der Waals surface area (Å²) in [5, 5.41) is 0. The van der Waals surface area contributed by atoms with Crippen molar-refractivity contribution < 1.29 is 0 Å². The summed E-state index contributed by atoms with van der Waals surface area (Å²) in [7, 11) is 0. The van der Waals surface area contributed by atoms with Crippen molar-refractivity contribution in [3.05, 3.63) is 0 Å². The standard InChI is InChI=1S/C13H30N2/c1-4-8-13(10-11-14)9-7-12-15(5-2)6-3/h13H,4-12,14H2,1-3H3. The second-order valence-corrected chi connectivity index (χ2v) is 4.40. The summed E-state index contributed by atoms with van der Waals surface area (Å²) in [6.07, 6.45) is 6.57. The average molecular weight is 214 g/mol. The molecule has 0 radical (unpaired) electrons. The number of hydrogen-bond donors (Lipinski definition) is 1. The van der Waals surface area contributed by atoms with E-state index in [0.717, 1.165) is 12.5 Å². The van der Waals surface area contributed by atoms with E-state index in [2.05, 4.69) is 25.7 Å². The molecule has 0 aliphatic rings. The maximum Gasteiger partial charge on any atom is -0.00189 e. The molecule has 2 N–H and O–H groups in total.